The first-order valence-electron chi connectivity index (χ1n) is 7.56. The lowest BCUT2D eigenvalue weighted by molar-refractivity contribution is 0.0994. The molecule has 0 saturated carbocycles. The Morgan fingerprint density at radius 3 is 2.08 bits per heavy atom. The smallest absolute Gasteiger partial charge is 0.291 e. The van der Waals surface area contributed by atoms with Gasteiger partial charge >= 0.3 is 0 Å². The highest BCUT2D eigenvalue weighted by atomic mass is 16.5. The van der Waals surface area contributed by atoms with Crippen LogP contribution in [0.25, 0.3) is 0 Å². The molecule has 3 rings (SSSR count). The van der Waals surface area contributed by atoms with Crippen LogP contribution in [0.4, 0.5) is 11.4 Å². The second-order valence-corrected chi connectivity index (χ2v) is 5.16. The van der Waals surface area contributed by atoms with Crippen molar-refractivity contribution in [1.82, 2.24) is 0 Å². The molecule has 126 valence electrons. The first kappa shape index (κ1) is 16.3. The number of furan rings is 1. The van der Waals surface area contributed by atoms with Gasteiger partial charge in [-0.1, -0.05) is 12.1 Å². The fourth-order valence-corrected chi connectivity index (χ4v) is 2.27. The molecule has 0 aliphatic rings. The van der Waals surface area contributed by atoms with Gasteiger partial charge in [0.05, 0.1) is 18.9 Å². The zero-order valence-corrected chi connectivity index (χ0v) is 13.5. The van der Waals surface area contributed by atoms with Crippen LogP contribution in [0, 0.1) is 0 Å². The summed E-state index contributed by atoms with van der Waals surface area (Å²) >= 11 is 0. The summed E-state index contributed by atoms with van der Waals surface area (Å²) in [6.45, 7) is 0. The number of hydrogen-bond donors (Lipinski definition) is 2. The molecule has 2 amide bonds. The van der Waals surface area contributed by atoms with E-state index in [1.165, 1.54) is 13.4 Å². The van der Waals surface area contributed by atoms with Gasteiger partial charge in [0.1, 0.15) is 5.75 Å². The Hall–Kier alpha value is -3.54. The molecule has 0 radical (unpaired) electrons. The van der Waals surface area contributed by atoms with Gasteiger partial charge < -0.3 is 19.8 Å². The highest BCUT2D eigenvalue weighted by Gasteiger charge is 2.12. The number of nitrogens with one attached hydrogen (secondary N) is 2. The second-order valence-electron chi connectivity index (χ2n) is 5.16. The van der Waals surface area contributed by atoms with Crippen molar-refractivity contribution in [2.24, 2.45) is 0 Å². The van der Waals surface area contributed by atoms with Gasteiger partial charge in [-0.25, -0.2) is 0 Å². The summed E-state index contributed by atoms with van der Waals surface area (Å²) in [6, 6.07) is 17.0. The van der Waals surface area contributed by atoms with Crippen molar-refractivity contribution < 1.29 is 18.7 Å². The lowest BCUT2D eigenvalue weighted by Gasteiger charge is -2.10. The summed E-state index contributed by atoms with van der Waals surface area (Å²) in [5.41, 5.74) is 1.64. The summed E-state index contributed by atoms with van der Waals surface area (Å²) in [5.74, 6) is 0.122. The summed E-state index contributed by atoms with van der Waals surface area (Å²) in [5, 5.41) is 5.50. The molecule has 6 nitrogen and oxygen atoms in total. The maximum atomic E-state index is 12.3. The van der Waals surface area contributed by atoms with Crippen molar-refractivity contribution in [3.63, 3.8) is 0 Å². The van der Waals surface area contributed by atoms with Crippen LogP contribution in [0.3, 0.4) is 0 Å². The molecule has 25 heavy (non-hydrogen) atoms. The van der Waals surface area contributed by atoms with Crippen molar-refractivity contribution in [2.75, 3.05) is 17.7 Å². The Morgan fingerprint density at radius 1 is 0.840 bits per heavy atom. The normalized spacial score (nSPS) is 10.1. The maximum absolute atomic E-state index is 12.3. The molecule has 0 atom stereocenters. The van der Waals surface area contributed by atoms with Gasteiger partial charge in [-0.2, -0.15) is 0 Å². The van der Waals surface area contributed by atoms with Gasteiger partial charge in [-0.05, 0) is 48.5 Å². The summed E-state index contributed by atoms with van der Waals surface area (Å²) in [7, 11) is 1.52. The van der Waals surface area contributed by atoms with Crippen LogP contribution < -0.4 is 15.4 Å². The second kappa shape index (κ2) is 7.35. The van der Waals surface area contributed by atoms with Crippen LogP contribution in [-0.2, 0) is 0 Å². The maximum Gasteiger partial charge on any atom is 0.291 e. The fourth-order valence-electron chi connectivity index (χ4n) is 2.27. The van der Waals surface area contributed by atoms with Gasteiger partial charge in [0.25, 0.3) is 11.8 Å². The molecule has 0 aliphatic carbocycles. The summed E-state index contributed by atoms with van der Waals surface area (Å²) < 4.78 is 10.2. The zero-order valence-electron chi connectivity index (χ0n) is 13.5. The van der Waals surface area contributed by atoms with E-state index in [0.29, 0.717) is 22.7 Å². The van der Waals surface area contributed by atoms with Crippen LogP contribution >= 0.6 is 0 Å². The van der Waals surface area contributed by atoms with E-state index in [1.54, 1.807) is 60.7 Å². The number of hydrogen-bond acceptors (Lipinski definition) is 4. The van der Waals surface area contributed by atoms with E-state index < -0.39 is 0 Å². The molecule has 0 unspecified atom stereocenters. The van der Waals surface area contributed by atoms with E-state index in [2.05, 4.69) is 10.6 Å². The largest absolute Gasteiger partial charge is 0.496 e. The van der Waals surface area contributed by atoms with Crippen LogP contribution in [0.2, 0.25) is 0 Å². The molecule has 3 aromatic rings. The zero-order chi connectivity index (χ0) is 17.6. The lowest BCUT2D eigenvalue weighted by Crippen LogP contribution is -2.13. The van der Waals surface area contributed by atoms with Gasteiger partial charge in [0.2, 0.25) is 0 Å². The third-order valence-corrected chi connectivity index (χ3v) is 3.50. The minimum atomic E-state index is -0.337. The predicted molar refractivity (Wildman–Crippen MR) is 94.1 cm³/mol. The lowest BCUT2D eigenvalue weighted by atomic mass is 10.2. The van der Waals surface area contributed by atoms with E-state index >= 15 is 0 Å². The van der Waals surface area contributed by atoms with E-state index in [-0.39, 0.29) is 17.6 Å². The molecule has 6 heteroatoms. The Labute approximate surface area is 144 Å². The number of rotatable bonds is 5. The number of methoxy groups -OCH3 is 1. The average Bonchev–Trinajstić information content (AvgIpc) is 3.18. The number of amides is 2. The molecule has 0 spiro atoms. The number of carbonyl (C=O) groups excluding carboxylic acids is 2. The molecule has 0 bridgehead atoms. The SMILES string of the molecule is COc1ccccc1C(=O)Nc1ccc(NC(=O)c2ccco2)cc1. The topological polar surface area (TPSA) is 80.6 Å². The van der Waals surface area contributed by atoms with Crippen LogP contribution in [0.5, 0.6) is 5.75 Å². The van der Waals surface area contributed by atoms with Crippen molar-refractivity contribution >= 4 is 23.2 Å². The Bertz CT molecular complexity index is 871. The van der Waals surface area contributed by atoms with Crippen molar-refractivity contribution in [2.45, 2.75) is 0 Å². The number of ether oxygens (including phenoxy) is 1. The minimum absolute atomic E-state index is 0.230. The van der Waals surface area contributed by atoms with Gasteiger partial charge in [-0.15, -0.1) is 0 Å². The van der Waals surface area contributed by atoms with Crippen molar-refractivity contribution in [3.8, 4) is 5.75 Å². The van der Waals surface area contributed by atoms with Crippen LogP contribution in [0.1, 0.15) is 20.9 Å². The van der Waals surface area contributed by atoms with E-state index in [9.17, 15) is 9.59 Å². The monoisotopic (exact) mass is 336 g/mol. The summed E-state index contributed by atoms with van der Waals surface area (Å²) in [6.07, 6.45) is 1.44. The summed E-state index contributed by atoms with van der Waals surface area (Å²) in [4.78, 5) is 24.2. The average molecular weight is 336 g/mol. The Kier molecular flexibility index (Phi) is 4.80. The Morgan fingerprint density at radius 2 is 1.48 bits per heavy atom. The van der Waals surface area contributed by atoms with E-state index in [4.69, 9.17) is 9.15 Å². The van der Waals surface area contributed by atoms with Gasteiger partial charge in [0.15, 0.2) is 5.76 Å². The van der Waals surface area contributed by atoms with Crippen LogP contribution in [-0.4, -0.2) is 18.9 Å². The third kappa shape index (κ3) is 3.87. The first-order chi connectivity index (χ1) is 12.2. The van der Waals surface area contributed by atoms with E-state index in [1.807, 2.05) is 0 Å². The molecule has 0 fully saturated rings. The molecule has 1 heterocycles. The molecule has 0 aliphatic heterocycles. The number of para-hydroxylation sites is 1. The highest BCUT2D eigenvalue weighted by molar-refractivity contribution is 6.06. The minimum Gasteiger partial charge on any atom is -0.496 e. The predicted octanol–water partition coefficient (Wildman–Crippen LogP) is 3.79. The van der Waals surface area contributed by atoms with Crippen molar-refractivity contribution in [3.05, 3.63) is 78.3 Å². The number of carbonyl (C=O) groups is 2. The van der Waals surface area contributed by atoms with Gasteiger partial charge in [0, 0.05) is 11.4 Å². The van der Waals surface area contributed by atoms with Crippen molar-refractivity contribution in [1.29, 1.82) is 0 Å². The number of benzene rings is 2. The third-order valence-electron chi connectivity index (χ3n) is 3.50. The fraction of sp³-hybridized carbons (Fsp3) is 0.0526. The Balaban J connectivity index is 1.66. The standard InChI is InChI=1S/C19H16N2O4/c1-24-16-6-3-2-5-15(16)18(22)20-13-8-10-14(11-9-13)21-19(23)17-7-4-12-25-17/h2-12H,1H3,(H,20,22)(H,21,23). The van der Waals surface area contributed by atoms with E-state index in [0.717, 1.165) is 0 Å². The molecular weight excluding hydrogens is 320 g/mol. The molecular formula is C19H16N2O4. The molecule has 1 aromatic heterocycles. The molecule has 2 N–H and O–H groups in total. The quantitative estimate of drug-likeness (QED) is 0.743. The first-order valence-corrected chi connectivity index (χ1v) is 7.56. The van der Waals surface area contributed by atoms with Gasteiger partial charge in [-0.3, -0.25) is 9.59 Å². The molecule has 2 aromatic carbocycles. The highest BCUT2D eigenvalue weighted by Crippen LogP contribution is 2.20. The number of anilines is 2. The molecule has 0 saturated heterocycles. The van der Waals surface area contributed by atoms with Crippen LogP contribution in [0.15, 0.2) is 71.3 Å².